The highest BCUT2D eigenvalue weighted by Crippen LogP contribution is 2.33. The molecule has 0 heterocycles. The molecular weight excluding hydrogens is 260 g/mol. The Morgan fingerprint density at radius 1 is 1.42 bits per heavy atom. The number of hydrogen-bond donors (Lipinski definition) is 1. The number of rotatable bonds is 8. The van der Waals surface area contributed by atoms with Crippen molar-refractivity contribution in [1.82, 2.24) is 5.32 Å². The fourth-order valence-electron chi connectivity index (χ4n) is 2.25. The predicted molar refractivity (Wildman–Crippen MR) is 81.0 cm³/mol. The van der Waals surface area contributed by atoms with Crippen molar-refractivity contribution in [2.24, 2.45) is 5.92 Å². The third-order valence-corrected chi connectivity index (χ3v) is 3.87. The van der Waals surface area contributed by atoms with Crippen molar-refractivity contribution < 1.29 is 4.74 Å². The summed E-state index contributed by atoms with van der Waals surface area (Å²) in [5.41, 5.74) is 2.42. The number of hydrogen-bond acceptors (Lipinski definition) is 3. The third kappa shape index (κ3) is 4.37. The third-order valence-electron chi connectivity index (χ3n) is 3.52. The van der Waals surface area contributed by atoms with E-state index in [1.165, 1.54) is 24.1 Å². The molecule has 0 bridgehead atoms. The van der Waals surface area contributed by atoms with Gasteiger partial charge in [-0.3, -0.25) is 0 Å². The van der Waals surface area contributed by atoms with Crippen molar-refractivity contribution in [1.29, 1.82) is 0 Å². The molecule has 1 saturated carbocycles. The van der Waals surface area contributed by atoms with Crippen LogP contribution in [-0.2, 0) is 11.3 Å². The van der Waals surface area contributed by atoms with Gasteiger partial charge in [-0.2, -0.15) is 0 Å². The lowest BCUT2D eigenvalue weighted by Crippen LogP contribution is -2.24. The summed E-state index contributed by atoms with van der Waals surface area (Å²) >= 11 is 6.34. The smallest absolute Gasteiger partial charge is 0.0587 e. The number of benzene rings is 1. The normalized spacial score (nSPS) is 14.7. The molecule has 0 unspecified atom stereocenters. The van der Waals surface area contributed by atoms with Gasteiger partial charge in [0.2, 0.25) is 0 Å². The van der Waals surface area contributed by atoms with Crippen LogP contribution in [0, 0.1) is 5.92 Å². The molecule has 0 amide bonds. The molecule has 0 atom stereocenters. The topological polar surface area (TPSA) is 24.5 Å². The van der Waals surface area contributed by atoms with Crippen LogP contribution in [0.2, 0.25) is 5.02 Å². The van der Waals surface area contributed by atoms with Gasteiger partial charge in [-0.25, -0.2) is 0 Å². The molecule has 0 aromatic heterocycles. The van der Waals surface area contributed by atoms with Crippen molar-refractivity contribution >= 4 is 17.3 Å². The van der Waals surface area contributed by atoms with Gasteiger partial charge in [-0.15, -0.1) is 0 Å². The maximum absolute atomic E-state index is 6.34. The number of methoxy groups -OCH3 is 1. The van der Waals surface area contributed by atoms with E-state index in [1.807, 2.05) is 12.1 Å². The molecule has 0 aliphatic heterocycles. The minimum absolute atomic E-state index is 0.720. The van der Waals surface area contributed by atoms with Crippen LogP contribution < -0.4 is 10.2 Å². The number of anilines is 1. The summed E-state index contributed by atoms with van der Waals surface area (Å²) < 4.78 is 5.04. The second kappa shape index (κ2) is 7.13. The average molecular weight is 283 g/mol. The van der Waals surface area contributed by atoms with E-state index in [0.717, 1.165) is 37.2 Å². The number of nitrogens with one attached hydrogen (secondary N) is 1. The van der Waals surface area contributed by atoms with E-state index in [4.69, 9.17) is 16.3 Å². The van der Waals surface area contributed by atoms with Gasteiger partial charge in [0.05, 0.1) is 6.61 Å². The Balaban J connectivity index is 2.01. The van der Waals surface area contributed by atoms with E-state index in [1.54, 1.807) is 7.11 Å². The number of halogens is 1. The number of ether oxygens (including phenoxy) is 1. The zero-order valence-electron chi connectivity index (χ0n) is 11.8. The van der Waals surface area contributed by atoms with Crippen molar-refractivity contribution in [2.45, 2.75) is 19.4 Å². The maximum Gasteiger partial charge on any atom is 0.0587 e. The zero-order chi connectivity index (χ0) is 13.7. The van der Waals surface area contributed by atoms with Crippen LogP contribution in [0.3, 0.4) is 0 Å². The minimum Gasteiger partial charge on any atom is -0.383 e. The van der Waals surface area contributed by atoms with Crippen molar-refractivity contribution in [2.75, 3.05) is 38.8 Å². The first-order valence-corrected chi connectivity index (χ1v) is 7.28. The molecular formula is C15H23ClN2O. The molecule has 106 valence electrons. The maximum atomic E-state index is 6.34. The van der Waals surface area contributed by atoms with E-state index in [0.29, 0.717) is 0 Å². The second-order valence-electron chi connectivity index (χ2n) is 5.23. The van der Waals surface area contributed by atoms with Gasteiger partial charge < -0.3 is 15.0 Å². The molecule has 3 nitrogen and oxygen atoms in total. The first kappa shape index (κ1) is 14.6. The second-order valence-corrected chi connectivity index (χ2v) is 5.64. The van der Waals surface area contributed by atoms with E-state index in [9.17, 15) is 0 Å². The summed E-state index contributed by atoms with van der Waals surface area (Å²) in [5, 5.41) is 4.21. The standard InChI is InChI=1S/C15H23ClN2O/c1-18(11-12-6-7-12)15-5-3-4-14(16)13(15)10-17-8-9-19-2/h3-5,12,17H,6-11H2,1-2H3. The largest absolute Gasteiger partial charge is 0.383 e. The van der Waals surface area contributed by atoms with Crippen LogP contribution in [0.1, 0.15) is 18.4 Å². The molecule has 1 aliphatic carbocycles. The molecule has 1 aromatic rings. The summed E-state index contributed by atoms with van der Waals surface area (Å²) in [5.74, 6) is 0.873. The molecule has 1 aliphatic rings. The summed E-state index contributed by atoms with van der Waals surface area (Å²) in [6.45, 7) is 3.48. The van der Waals surface area contributed by atoms with Gasteiger partial charge >= 0.3 is 0 Å². The Hall–Kier alpha value is -0.770. The Bertz CT molecular complexity index is 407. The van der Waals surface area contributed by atoms with Gasteiger partial charge in [-0.1, -0.05) is 17.7 Å². The molecule has 0 saturated heterocycles. The molecule has 2 rings (SSSR count). The Morgan fingerprint density at radius 2 is 2.21 bits per heavy atom. The Labute approximate surface area is 120 Å². The van der Waals surface area contributed by atoms with E-state index < -0.39 is 0 Å². The molecule has 4 heteroatoms. The van der Waals surface area contributed by atoms with Gasteiger partial charge in [0.15, 0.2) is 0 Å². The highest BCUT2D eigenvalue weighted by atomic mass is 35.5. The monoisotopic (exact) mass is 282 g/mol. The van der Waals surface area contributed by atoms with Crippen LogP contribution in [0.4, 0.5) is 5.69 Å². The lowest BCUT2D eigenvalue weighted by atomic mass is 10.1. The van der Waals surface area contributed by atoms with Gasteiger partial charge in [0.25, 0.3) is 0 Å². The lowest BCUT2D eigenvalue weighted by molar-refractivity contribution is 0.199. The van der Waals surface area contributed by atoms with Crippen LogP contribution in [0.5, 0.6) is 0 Å². The van der Waals surface area contributed by atoms with Crippen molar-refractivity contribution in [3.05, 3.63) is 28.8 Å². The fourth-order valence-corrected chi connectivity index (χ4v) is 2.49. The molecule has 1 N–H and O–H groups in total. The van der Waals surface area contributed by atoms with Crippen LogP contribution in [0.15, 0.2) is 18.2 Å². The lowest BCUT2D eigenvalue weighted by Gasteiger charge is -2.23. The summed E-state index contributed by atoms with van der Waals surface area (Å²) in [7, 11) is 3.87. The predicted octanol–water partition coefficient (Wildman–Crippen LogP) is 2.92. The molecule has 19 heavy (non-hydrogen) atoms. The molecule has 1 aromatic carbocycles. The van der Waals surface area contributed by atoms with Crippen molar-refractivity contribution in [3.63, 3.8) is 0 Å². The molecule has 0 radical (unpaired) electrons. The van der Waals surface area contributed by atoms with Gasteiger partial charge in [-0.05, 0) is 30.9 Å². The SMILES string of the molecule is COCCNCc1c(Cl)cccc1N(C)CC1CC1. The summed E-state index contributed by atoms with van der Waals surface area (Å²) in [6.07, 6.45) is 2.73. The van der Waals surface area contributed by atoms with Crippen LogP contribution in [0.25, 0.3) is 0 Å². The van der Waals surface area contributed by atoms with E-state index in [2.05, 4.69) is 23.3 Å². The first-order chi connectivity index (χ1) is 9.22. The fraction of sp³-hybridized carbons (Fsp3) is 0.600. The van der Waals surface area contributed by atoms with E-state index in [-0.39, 0.29) is 0 Å². The van der Waals surface area contributed by atoms with Crippen molar-refractivity contribution in [3.8, 4) is 0 Å². The number of nitrogens with zero attached hydrogens (tertiary/aromatic N) is 1. The Morgan fingerprint density at radius 3 is 2.89 bits per heavy atom. The quantitative estimate of drug-likeness (QED) is 0.742. The average Bonchev–Trinajstić information content (AvgIpc) is 3.20. The highest BCUT2D eigenvalue weighted by molar-refractivity contribution is 6.31. The summed E-state index contributed by atoms with van der Waals surface area (Å²) in [6, 6.07) is 6.14. The summed E-state index contributed by atoms with van der Waals surface area (Å²) in [4.78, 5) is 2.33. The van der Waals surface area contributed by atoms with Crippen LogP contribution in [-0.4, -0.2) is 33.9 Å². The first-order valence-electron chi connectivity index (χ1n) is 6.90. The van der Waals surface area contributed by atoms with E-state index >= 15 is 0 Å². The highest BCUT2D eigenvalue weighted by Gasteiger charge is 2.24. The Kier molecular flexibility index (Phi) is 5.49. The molecule has 0 spiro atoms. The minimum atomic E-state index is 0.720. The zero-order valence-corrected chi connectivity index (χ0v) is 12.5. The van der Waals surface area contributed by atoms with Gasteiger partial charge in [0.1, 0.15) is 0 Å². The van der Waals surface area contributed by atoms with Gasteiger partial charge in [0, 0.05) is 50.1 Å². The van der Waals surface area contributed by atoms with Crippen LogP contribution >= 0.6 is 11.6 Å². The molecule has 1 fully saturated rings.